The number of nitrogens with two attached hydrogens (primary N) is 1. The summed E-state index contributed by atoms with van der Waals surface area (Å²) in [5.41, 5.74) is 6.49. The molecule has 3 N–H and O–H groups in total. The van der Waals surface area contributed by atoms with Crippen molar-refractivity contribution in [3.8, 4) is 17.2 Å². The molecule has 0 aliphatic rings. The van der Waals surface area contributed by atoms with Crippen molar-refractivity contribution >= 4 is 17.7 Å². The first-order chi connectivity index (χ1) is 12.4. The third-order valence-corrected chi connectivity index (χ3v) is 3.49. The highest BCUT2D eigenvalue weighted by molar-refractivity contribution is 5.95. The molecule has 2 aromatic rings. The number of carbonyl (C=O) groups excluding carboxylic acids is 1. The van der Waals surface area contributed by atoms with Gasteiger partial charge in [0.15, 0.2) is 11.5 Å². The zero-order valence-corrected chi connectivity index (χ0v) is 14.6. The lowest BCUT2D eigenvalue weighted by atomic mass is 10.1. The molecule has 0 fully saturated rings. The lowest BCUT2D eigenvalue weighted by molar-refractivity contribution is -0.130. The molecule has 1 aromatic carbocycles. The van der Waals surface area contributed by atoms with Gasteiger partial charge in [0.05, 0.1) is 14.2 Å². The number of aliphatic hydroxyl groups is 1. The largest absolute Gasteiger partial charge is 0.493 e. The fourth-order valence-corrected chi connectivity index (χ4v) is 2.10. The Morgan fingerprint density at radius 1 is 1.19 bits per heavy atom. The van der Waals surface area contributed by atoms with Gasteiger partial charge < -0.3 is 29.5 Å². The molecule has 0 amide bonds. The topological polar surface area (TPSA) is 121 Å². The molecule has 8 nitrogen and oxygen atoms in total. The van der Waals surface area contributed by atoms with Gasteiger partial charge in [-0.15, -0.1) is 0 Å². The van der Waals surface area contributed by atoms with E-state index in [1.807, 2.05) is 0 Å². The van der Waals surface area contributed by atoms with Crippen LogP contribution in [-0.4, -0.2) is 25.3 Å². The molecule has 0 saturated heterocycles. The Hall–Kier alpha value is -3.26. The van der Waals surface area contributed by atoms with Crippen molar-refractivity contribution in [3.63, 3.8) is 0 Å². The number of ether oxygens (including phenoxy) is 3. The first-order valence-corrected chi connectivity index (χ1v) is 7.54. The van der Waals surface area contributed by atoms with Gasteiger partial charge in [0.2, 0.25) is 11.2 Å². The van der Waals surface area contributed by atoms with Gasteiger partial charge in [0.1, 0.15) is 18.6 Å². The molecule has 0 aliphatic heterocycles. The van der Waals surface area contributed by atoms with E-state index in [4.69, 9.17) is 29.5 Å². The molecule has 1 aromatic heterocycles. The average Bonchev–Trinajstić information content (AvgIpc) is 2.64. The zero-order chi connectivity index (χ0) is 19.3. The van der Waals surface area contributed by atoms with Crippen molar-refractivity contribution in [2.45, 2.75) is 13.5 Å². The second-order valence-corrected chi connectivity index (χ2v) is 5.29. The molecule has 8 heteroatoms. The summed E-state index contributed by atoms with van der Waals surface area (Å²) in [6.45, 7) is 1.09. The molecule has 0 aliphatic carbocycles. The summed E-state index contributed by atoms with van der Waals surface area (Å²) in [6, 6.07) is 4.24. The van der Waals surface area contributed by atoms with Crippen LogP contribution in [0, 0.1) is 0 Å². The van der Waals surface area contributed by atoms with Crippen LogP contribution in [0.3, 0.4) is 0 Å². The van der Waals surface area contributed by atoms with Gasteiger partial charge in [-0.2, -0.15) is 0 Å². The normalized spacial score (nSPS) is 11.2. The van der Waals surface area contributed by atoms with Crippen molar-refractivity contribution < 1.29 is 28.5 Å². The van der Waals surface area contributed by atoms with Crippen LogP contribution in [0.15, 0.2) is 39.2 Å². The Kier molecular flexibility index (Phi) is 6.03. The molecule has 2 rings (SSSR count). The lowest BCUT2D eigenvalue weighted by Crippen LogP contribution is -2.15. The van der Waals surface area contributed by atoms with Crippen LogP contribution in [0.4, 0.5) is 5.69 Å². The molecule has 1 heterocycles. The van der Waals surface area contributed by atoms with Gasteiger partial charge in [-0.3, -0.25) is 4.79 Å². The van der Waals surface area contributed by atoms with Crippen LogP contribution in [0.1, 0.15) is 18.2 Å². The Morgan fingerprint density at radius 3 is 2.42 bits per heavy atom. The fourth-order valence-electron chi connectivity index (χ4n) is 2.10. The standard InChI is InChI=1S/C18H19NO7/c1-10(4-11-5-15(23-2)16(24-3)7-13(11)19)18(22)26-17-9-25-12(8-20)6-14(17)21/h4-7,9,20H,8,19H2,1-3H3/b10-4+. The summed E-state index contributed by atoms with van der Waals surface area (Å²) >= 11 is 0. The highest BCUT2D eigenvalue weighted by Gasteiger charge is 2.14. The van der Waals surface area contributed by atoms with E-state index in [1.165, 1.54) is 27.2 Å². The molecule has 0 radical (unpaired) electrons. The fraction of sp³-hybridized carbons (Fsp3) is 0.222. The van der Waals surface area contributed by atoms with E-state index >= 15 is 0 Å². The minimum absolute atomic E-state index is 0.0696. The predicted molar refractivity (Wildman–Crippen MR) is 94.1 cm³/mol. The van der Waals surface area contributed by atoms with Gasteiger partial charge in [-0.05, 0) is 19.1 Å². The number of rotatable bonds is 6. The van der Waals surface area contributed by atoms with E-state index in [9.17, 15) is 9.59 Å². The highest BCUT2D eigenvalue weighted by atomic mass is 16.5. The smallest absolute Gasteiger partial charge is 0.339 e. The lowest BCUT2D eigenvalue weighted by Gasteiger charge is -2.11. The highest BCUT2D eigenvalue weighted by Crippen LogP contribution is 2.33. The summed E-state index contributed by atoms with van der Waals surface area (Å²) in [7, 11) is 2.97. The number of methoxy groups -OCH3 is 2. The summed E-state index contributed by atoms with van der Waals surface area (Å²) in [5.74, 6) is -0.0399. The molecule has 26 heavy (non-hydrogen) atoms. The Balaban J connectivity index is 2.26. The van der Waals surface area contributed by atoms with Gasteiger partial charge in [0.25, 0.3) is 0 Å². The molecule has 0 spiro atoms. The second-order valence-electron chi connectivity index (χ2n) is 5.29. The second kappa shape index (κ2) is 8.21. The third kappa shape index (κ3) is 4.22. The van der Waals surface area contributed by atoms with E-state index in [0.29, 0.717) is 22.7 Å². The first-order valence-electron chi connectivity index (χ1n) is 7.54. The number of hydrogen-bond acceptors (Lipinski definition) is 8. The number of esters is 1. The van der Waals surface area contributed by atoms with Crippen LogP contribution in [-0.2, 0) is 11.4 Å². The van der Waals surface area contributed by atoms with Crippen LogP contribution >= 0.6 is 0 Å². The maximum Gasteiger partial charge on any atom is 0.339 e. The number of hydrogen-bond donors (Lipinski definition) is 2. The summed E-state index contributed by atoms with van der Waals surface area (Å²) < 4.78 is 20.4. The molecule has 138 valence electrons. The van der Waals surface area contributed by atoms with E-state index in [-0.39, 0.29) is 17.1 Å². The van der Waals surface area contributed by atoms with E-state index in [0.717, 1.165) is 12.3 Å². The zero-order valence-electron chi connectivity index (χ0n) is 14.6. The third-order valence-electron chi connectivity index (χ3n) is 3.49. The minimum Gasteiger partial charge on any atom is -0.493 e. The van der Waals surface area contributed by atoms with Crippen molar-refractivity contribution in [1.29, 1.82) is 0 Å². The SMILES string of the molecule is COc1cc(N)c(/C=C(\C)C(=O)Oc2coc(CO)cc2=O)cc1OC. The molecule has 0 bridgehead atoms. The number of anilines is 1. The van der Waals surface area contributed by atoms with Crippen LogP contribution < -0.4 is 25.4 Å². The maximum absolute atomic E-state index is 12.2. The molecular weight excluding hydrogens is 342 g/mol. The minimum atomic E-state index is -0.747. The number of benzene rings is 1. The summed E-state index contributed by atoms with van der Waals surface area (Å²) in [4.78, 5) is 24.0. The molecule has 0 atom stereocenters. The van der Waals surface area contributed by atoms with Crippen molar-refractivity contribution in [2.24, 2.45) is 0 Å². The van der Waals surface area contributed by atoms with Crippen LogP contribution in [0.25, 0.3) is 6.08 Å². The van der Waals surface area contributed by atoms with E-state index in [2.05, 4.69) is 0 Å². The summed E-state index contributed by atoms with van der Waals surface area (Å²) in [5, 5.41) is 8.91. The van der Waals surface area contributed by atoms with Gasteiger partial charge in [-0.1, -0.05) is 0 Å². The molecule has 0 unspecified atom stereocenters. The number of nitrogen functional groups attached to an aromatic ring is 1. The van der Waals surface area contributed by atoms with Gasteiger partial charge in [-0.25, -0.2) is 4.79 Å². The Labute approximate surface area is 149 Å². The maximum atomic E-state index is 12.2. The summed E-state index contributed by atoms with van der Waals surface area (Å²) in [6.07, 6.45) is 2.48. The number of aliphatic hydroxyl groups excluding tert-OH is 1. The van der Waals surface area contributed by atoms with Crippen LogP contribution in [0.5, 0.6) is 17.2 Å². The molecular formula is C18H19NO7. The van der Waals surface area contributed by atoms with Gasteiger partial charge >= 0.3 is 5.97 Å². The monoisotopic (exact) mass is 361 g/mol. The van der Waals surface area contributed by atoms with Gasteiger partial charge in [0, 0.05) is 29.0 Å². The Morgan fingerprint density at radius 2 is 1.85 bits per heavy atom. The molecule has 0 saturated carbocycles. The average molecular weight is 361 g/mol. The van der Waals surface area contributed by atoms with E-state index in [1.54, 1.807) is 12.1 Å². The van der Waals surface area contributed by atoms with Crippen molar-refractivity contribution in [1.82, 2.24) is 0 Å². The Bertz CT molecular complexity index is 899. The van der Waals surface area contributed by atoms with Crippen molar-refractivity contribution in [3.05, 3.63) is 51.6 Å². The predicted octanol–water partition coefficient (Wildman–Crippen LogP) is 1.74. The quantitative estimate of drug-likeness (QED) is 0.453. The van der Waals surface area contributed by atoms with Crippen molar-refractivity contribution in [2.75, 3.05) is 20.0 Å². The van der Waals surface area contributed by atoms with E-state index < -0.39 is 18.0 Å². The number of carbonyl (C=O) groups is 1. The first kappa shape index (κ1) is 19.1. The van der Waals surface area contributed by atoms with Crippen LogP contribution in [0.2, 0.25) is 0 Å².